The minimum Gasteiger partial charge on any atom is -0.315 e. The maximum absolute atomic E-state index is 4.42. The first-order valence-corrected chi connectivity index (χ1v) is 5.02. The van der Waals surface area contributed by atoms with Gasteiger partial charge in [-0.3, -0.25) is 4.68 Å². The summed E-state index contributed by atoms with van der Waals surface area (Å²) in [6, 6.07) is 2.40. The predicted octanol–water partition coefficient (Wildman–Crippen LogP) is 1.35. The van der Waals surface area contributed by atoms with E-state index in [-0.39, 0.29) is 0 Å². The van der Waals surface area contributed by atoms with Crippen LogP contribution in [0.2, 0.25) is 0 Å². The van der Waals surface area contributed by atoms with Crippen LogP contribution in [0, 0.1) is 13.8 Å². The van der Waals surface area contributed by atoms with Crippen LogP contribution in [0.5, 0.6) is 0 Å². The molecule has 0 N–H and O–H groups in total. The summed E-state index contributed by atoms with van der Waals surface area (Å²) in [5.74, 6) is 0. The van der Waals surface area contributed by atoms with Crippen LogP contribution in [0.1, 0.15) is 24.4 Å². The third-order valence-corrected chi connectivity index (χ3v) is 2.49. The molecule has 2 aromatic heterocycles. The lowest BCUT2D eigenvalue weighted by Gasteiger charge is -2.13. The molecule has 0 aliphatic rings. The highest BCUT2D eigenvalue weighted by atomic mass is 15.3. The summed E-state index contributed by atoms with van der Waals surface area (Å²) in [4.78, 5) is 0. The van der Waals surface area contributed by atoms with Crippen LogP contribution in [0.3, 0.4) is 0 Å². The third-order valence-electron chi connectivity index (χ3n) is 2.49. The third kappa shape index (κ3) is 2.06. The molecule has 15 heavy (non-hydrogen) atoms. The van der Waals surface area contributed by atoms with E-state index in [1.165, 1.54) is 5.69 Å². The van der Waals surface area contributed by atoms with E-state index in [2.05, 4.69) is 35.2 Å². The van der Waals surface area contributed by atoms with Crippen LogP contribution in [0.15, 0.2) is 18.7 Å². The lowest BCUT2D eigenvalue weighted by atomic mass is 10.3. The van der Waals surface area contributed by atoms with Crippen LogP contribution >= 0.6 is 0 Å². The quantitative estimate of drug-likeness (QED) is 0.760. The zero-order chi connectivity index (χ0) is 10.8. The van der Waals surface area contributed by atoms with Gasteiger partial charge in [0.2, 0.25) is 0 Å². The summed E-state index contributed by atoms with van der Waals surface area (Å²) in [5.41, 5.74) is 2.25. The number of aromatic nitrogens is 5. The zero-order valence-electron chi connectivity index (χ0n) is 9.25. The predicted molar refractivity (Wildman–Crippen MR) is 56.4 cm³/mol. The number of hydrogen-bond donors (Lipinski definition) is 0. The van der Waals surface area contributed by atoms with E-state index < -0.39 is 0 Å². The van der Waals surface area contributed by atoms with Gasteiger partial charge < -0.3 is 4.57 Å². The average molecular weight is 205 g/mol. The van der Waals surface area contributed by atoms with Gasteiger partial charge in [0.1, 0.15) is 12.7 Å². The Morgan fingerprint density at radius 1 is 1.27 bits per heavy atom. The summed E-state index contributed by atoms with van der Waals surface area (Å²) in [7, 11) is 0. The Balaban J connectivity index is 2.12. The fraction of sp³-hybridized carbons (Fsp3) is 0.500. The molecule has 0 unspecified atom stereocenters. The van der Waals surface area contributed by atoms with E-state index in [1.807, 2.05) is 16.2 Å². The molecular weight excluding hydrogens is 190 g/mol. The maximum Gasteiger partial charge on any atom is 0.119 e. The van der Waals surface area contributed by atoms with Gasteiger partial charge in [0.15, 0.2) is 0 Å². The van der Waals surface area contributed by atoms with Crippen LogP contribution in [-0.2, 0) is 6.54 Å². The van der Waals surface area contributed by atoms with Gasteiger partial charge in [-0.15, -0.1) is 10.2 Å². The lowest BCUT2D eigenvalue weighted by Crippen LogP contribution is -2.13. The molecule has 5 heteroatoms. The maximum atomic E-state index is 4.42. The fourth-order valence-electron chi connectivity index (χ4n) is 1.64. The molecule has 0 aliphatic carbocycles. The largest absolute Gasteiger partial charge is 0.315 e. The monoisotopic (exact) mass is 205 g/mol. The summed E-state index contributed by atoms with van der Waals surface area (Å²) in [6.07, 6.45) is 3.46. The Hall–Kier alpha value is -1.65. The van der Waals surface area contributed by atoms with Crippen LogP contribution in [0.4, 0.5) is 0 Å². The summed E-state index contributed by atoms with van der Waals surface area (Å²) in [6.45, 7) is 7.04. The van der Waals surface area contributed by atoms with Gasteiger partial charge in [0.05, 0.1) is 18.3 Å². The van der Waals surface area contributed by atoms with Crippen molar-refractivity contribution < 1.29 is 0 Å². The Labute approximate surface area is 88.7 Å². The van der Waals surface area contributed by atoms with Gasteiger partial charge in [0.25, 0.3) is 0 Å². The van der Waals surface area contributed by atoms with E-state index in [4.69, 9.17) is 0 Å². The molecule has 0 amide bonds. The zero-order valence-corrected chi connectivity index (χ0v) is 9.25. The smallest absolute Gasteiger partial charge is 0.119 e. The van der Waals surface area contributed by atoms with E-state index in [1.54, 1.807) is 12.7 Å². The lowest BCUT2D eigenvalue weighted by molar-refractivity contribution is 0.429. The van der Waals surface area contributed by atoms with Crippen LogP contribution in [-0.4, -0.2) is 24.5 Å². The summed E-state index contributed by atoms with van der Waals surface area (Å²) in [5, 5.41) is 12.0. The van der Waals surface area contributed by atoms with Gasteiger partial charge in [-0.2, -0.15) is 5.10 Å². The number of aryl methyl sites for hydroxylation is 2. The molecule has 0 bridgehead atoms. The SMILES string of the molecule is Cc1cc(C)n(C[C@H](C)n2cnnc2)n1. The Morgan fingerprint density at radius 2 is 1.93 bits per heavy atom. The van der Waals surface area contributed by atoms with Crippen molar-refractivity contribution in [2.75, 3.05) is 0 Å². The minimum absolute atomic E-state index is 0.318. The molecule has 1 atom stereocenters. The average Bonchev–Trinajstić information content (AvgIpc) is 2.76. The van der Waals surface area contributed by atoms with E-state index >= 15 is 0 Å². The van der Waals surface area contributed by atoms with Gasteiger partial charge in [0, 0.05) is 5.69 Å². The van der Waals surface area contributed by atoms with Crippen LogP contribution < -0.4 is 0 Å². The molecule has 0 aliphatic heterocycles. The van der Waals surface area contributed by atoms with Crippen molar-refractivity contribution in [2.45, 2.75) is 33.4 Å². The minimum atomic E-state index is 0.318. The number of nitrogens with zero attached hydrogens (tertiary/aromatic N) is 5. The molecule has 0 saturated carbocycles. The fourth-order valence-corrected chi connectivity index (χ4v) is 1.64. The van der Waals surface area contributed by atoms with Crippen LogP contribution in [0.25, 0.3) is 0 Å². The Morgan fingerprint density at radius 3 is 2.47 bits per heavy atom. The first-order valence-electron chi connectivity index (χ1n) is 5.02. The van der Waals surface area contributed by atoms with E-state index in [9.17, 15) is 0 Å². The summed E-state index contributed by atoms with van der Waals surface area (Å²) < 4.78 is 4.00. The molecule has 2 rings (SSSR count). The molecule has 0 radical (unpaired) electrons. The molecule has 0 saturated heterocycles. The second-order valence-electron chi connectivity index (χ2n) is 3.87. The van der Waals surface area contributed by atoms with Gasteiger partial charge >= 0.3 is 0 Å². The van der Waals surface area contributed by atoms with Gasteiger partial charge in [-0.1, -0.05) is 0 Å². The number of rotatable bonds is 3. The van der Waals surface area contributed by atoms with Crippen molar-refractivity contribution in [3.63, 3.8) is 0 Å². The molecule has 2 aromatic rings. The molecule has 0 fully saturated rings. The first-order chi connectivity index (χ1) is 7.16. The first kappa shape index (κ1) is 9.89. The number of hydrogen-bond acceptors (Lipinski definition) is 3. The highest BCUT2D eigenvalue weighted by Gasteiger charge is 2.08. The second kappa shape index (κ2) is 3.84. The van der Waals surface area contributed by atoms with E-state index in [0.717, 1.165) is 12.2 Å². The van der Waals surface area contributed by atoms with Crippen molar-refractivity contribution >= 4 is 0 Å². The molecule has 5 nitrogen and oxygen atoms in total. The molecule has 0 spiro atoms. The van der Waals surface area contributed by atoms with Crippen molar-refractivity contribution in [3.05, 3.63) is 30.1 Å². The van der Waals surface area contributed by atoms with Gasteiger partial charge in [-0.25, -0.2) is 0 Å². The molecule has 0 aromatic carbocycles. The second-order valence-corrected chi connectivity index (χ2v) is 3.87. The van der Waals surface area contributed by atoms with Gasteiger partial charge in [-0.05, 0) is 26.8 Å². The van der Waals surface area contributed by atoms with Crippen molar-refractivity contribution in [3.8, 4) is 0 Å². The van der Waals surface area contributed by atoms with Crippen molar-refractivity contribution in [2.24, 2.45) is 0 Å². The molecular formula is C10H15N5. The van der Waals surface area contributed by atoms with Crippen molar-refractivity contribution in [1.82, 2.24) is 24.5 Å². The topological polar surface area (TPSA) is 48.5 Å². The van der Waals surface area contributed by atoms with Crippen molar-refractivity contribution in [1.29, 1.82) is 0 Å². The highest BCUT2D eigenvalue weighted by molar-refractivity contribution is 5.06. The normalized spacial score (nSPS) is 13.0. The Kier molecular flexibility index (Phi) is 2.53. The molecule has 80 valence electrons. The summed E-state index contributed by atoms with van der Waals surface area (Å²) >= 11 is 0. The highest BCUT2D eigenvalue weighted by Crippen LogP contribution is 2.09. The Bertz CT molecular complexity index is 429. The van der Waals surface area contributed by atoms with E-state index in [0.29, 0.717) is 6.04 Å². The molecule has 2 heterocycles. The standard InChI is InChI=1S/C10H15N5/c1-8-4-9(2)15(13-8)5-10(3)14-6-11-12-7-14/h4,6-7,10H,5H2,1-3H3/t10-/m0/s1.